The molecule has 0 saturated carbocycles. The lowest BCUT2D eigenvalue weighted by atomic mass is 10.1. The molecule has 4 N–H and O–H groups in total. The zero-order valence-electron chi connectivity index (χ0n) is 9.10. The van der Waals surface area contributed by atoms with Crippen LogP contribution in [-0.2, 0) is 9.84 Å². The fourth-order valence-electron chi connectivity index (χ4n) is 1.10. The van der Waals surface area contributed by atoms with E-state index in [1.807, 2.05) is 6.92 Å². The molecule has 0 aliphatic rings. The van der Waals surface area contributed by atoms with Crippen molar-refractivity contribution in [3.8, 4) is 0 Å². The van der Waals surface area contributed by atoms with Crippen LogP contribution in [0.5, 0.6) is 0 Å². The standard InChI is InChI=1S/C8H19N3O3S/c1-3-7(6-8(9)11-12)10-4-5-15(2,13)14/h7,10,12H,3-6H2,1-2H3,(H2,9,11). The Labute approximate surface area is 90.5 Å². The fraction of sp³-hybridized carbons (Fsp3) is 0.875. The first-order valence-electron chi connectivity index (χ1n) is 4.76. The monoisotopic (exact) mass is 237 g/mol. The molecule has 0 aliphatic carbocycles. The average molecular weight is 237 g/mol. The van der Waals surface area contributed by atoms with E-state index in [1.54, 1.807) is 0 Å². The van der Waals surface area contributed by atoms with Crippen LogP contribution in [-0.4, -0.2) is 44.1 Å². The van der Waals surface area contributed by atoms with E-state index in [1.165, 1.54) is 6.26 Å². The van der Waals surface area contributed by atoms with Gasteiger partial charge in [-0.3, -0.25) is 0 Å². The number of amidine groups is 1. The molecule has 90 valence electrons. The molecule has 0 aliphatic heterocycles. The molecule has 0 bridgehead atoms. The highest BCUT2D eigenvalue weighted by Gasteiger charge is 2.09. The van der Waals surface area contributed by atoms with Gasteiger partial charge in [-0.25, -0.2) is 8.42 Å². The van der Waals surface area contributed by atoms with Gasteiger partial charge in [0.05, 0.1) is 5.75 Å². The fourth-order valence-corrected chi connectivity index (χ4v) is 1.59. The van der Waals surface area contributed by atoms with E-state index in [9.17, 15) is 8.42 Å². The van der Waals surface area contributed by atoms with Crippen molar-refractivity contribution in [3.63, 3.8) is 0 Å². The number of nitrogens with two attached hydrogens (primary N) is 1. The normalized spacial score (nSPS) is 15.2. The number of nitrogens with zero attached hydrogens (tertiary/aromatic N) is 1. The molecule has 0 rings (SSSR count). The van der Waals surface area contributed by atoms with Crippen LogP contribution in [0.1, 0.15) is 19.8 Å². The smallest absolute Gasteiger partial charge is 0.148 e. The average Bonchev–Trinajstić information content (AvgIpc) is 2.14. The summed E-state index contributed by atoms with van der Waals surface area (Å²) in [5.74, 6) is 0.244. The molecule has 0 saturated heterocycles. The van der Waals surface area contributed by atoms with Crippen molar-refractivity contribution in [1.29, 1.82) is 0 Å². The van der Waals surface area contributed by atoms with E-state index in [0.29, 0.717) is 13.0 Å². The molecular weight excluding hydrogens is 218 g/mol. The Bertz CT molecular complexity index is 300. The summed E-state index contributed by atoms with van der Waals surface area (Å²) in [4.78, 5) is 0. The maximum atomic E-state index is 10.9. The zero-order chi connectivity index (χ0) is 11.9. The minimum Gasteiger partial charge on any atom is -0.409 e. The summed E-state index contributed by atoms with van der Waals surface area (Å²) >= 11 is 0. The molecule has 0 aromatic rings. The first kappa shape index (κ1) is 14.2. The van der Waals surface area contributed by atoms with Crippen LogP contribution >= 0.6 is 0 Å². The molecule has 0 heterocycles. The van der Waals surface area contributed by atoms with E-state index in [0.717, 1.165) is 6.42 Å². The number of hydrogen-bond acceptors (Lipinski definition) is 5. The lowest BCUT2D eigenvalue weighted by Gasteiger charge is -2.15. The lowest BCUT2D eigenvalue weighted by molar-refractivity contribution is 0.315. The molecule has 0 radical (unpaired) electrons. The molecule has 0 aromatic carbocycles. The summed E-state index contributed by atoms with van der Waals surface area (Å²) in [5.41, 5.74) is 5.35. The summed E-state index contributed by atoms with van der Waals surface area (Å²) in [6.45, 7) is 2.33. The van der Waals surface area contributed by atoms with Gasteiger partial charge in [0.25, 0.3) is 0 Å². The molecule has 15 heavy (non-hydrogen) atoms. The molecule has 0 aromatic heterocycles. The molecule has 0 amide bonds. The second-order valence-corrected chi connectivity index (χ2v) is 5.74. The van der Waals surface area contributed by atoms with Crippen molar-refractivity contribution in [2.24, 2.45) is 10.9 Å². The maximum Gasteiger partial charge on any atom is 0.148 e. The second-order valence-electron chi connectivity index (χ2n) is 3.48. The highest BCUT2D eigenvalue weighted by atomic mass is 32.2. The Morgan fingerprint density at radius 2 is 2.20 bits per heavy atom. The third-order valence-corrected chi connectivity index (χ3v) is 2.93. The molecule has 7 heteroatoms. The third-order valence-electron chi connectivity index (χ3n) is 1.98. The summed E-state index contributed by atoms with van der Waals surface area (Å²) in [5, 5.41) is 14.3. The Balaban J connectivity index is 3.91. The highest BCUT2D eigenvalue weighted by molar-refractivity contribution is 7.90. The summed E-state index contributed by atoms with van der Waals surface area (Å²) < 4.78 is 21.7. The largest absolute Gasteiger partial charge is 0.409 e. The van der Waals surface area contributed by atoms with Crippen LogP contribution in [0.15, 0.2) is 5.16 Å². The first-order chi connectivity index (χ1) is 6.89. The number of hydrogen-bond donors (Lipinski definition) is 3. The predicted molar refractivity (Wildman–Crippen MR) is 59.8 cm³/mol. The topological polar surface area (TPSA) is 105 Å². The van der Waals surface area contributed by atoms with Gasteiger partial charge in [-0.05, 0) is 6.42 Å². The number of oxime groups is 1. The summed E-state index contributed by atoms with van der Waals surface area (Å²) in [6, 6.07) is 0.0441. The number of nitrogens with one attached hydrogen (secondary N) is 1. The van der Waals surface area contributed by atoms with Crippen molar-refractivity contribution in [2.75, 3.05) is 18.6 Å². The number of sulfone groups is 1. The second kappa shape index (κ2) is 6.62. The summed E-state index contributed by atoms with van der Waals surface area (Å²) in [7, 11) is -2.94. The lowest BCUT2D eigenvalue weighted by Crippen LogP contribution is -2.35. The van der Waals surface area contributed by atoms with Gasteiger partial charge in [0, 0.05) is 25.3 Å². The van der Waals surface area contributed by atoms with Gasteiger partial charge in [0.15, 0.2) is 0 Å². The van der Waals surface area contributed by atoms with Crippen molar-refractivity contribution >= 4 is 15.7 Å². The molecule has 6 nitrogen and oxygen atoms in total. The van der Waals surface area contributed by atoms with Crippen LogP contribution in [0.25, 0.3) is 0 Å². The Hall–Kier alpha value is -0.820. The van der Waals surface area contributed by atoms with Gasteiger partial charge in [-0.1, -0.05) is 12.1 Å². The molecular formula is C8H19N3O3S. The highest BCUT2D eigenvalue weighted by Crippen LogP contribution is 1.97. The molecule has 1 unspecified atom stereocenters. The SMILES string of the molecule is CCC(CC(N)=NO)NCCS(C)(=O)=O. The third kappa shape index (κ3) is 8.19. The van der Waals surface area contributed by atoms with Gasteiger partial charge in [-0.15, -0.1) is 0 Å². The minimum absolute atomic E-state index is 0.0441. The van der Waals surface area contributed by atoms with Gasteiger partial charge in [0.2, 0.25) is 0 Å². The molecule has 1 atom stereocenters. The van der Waals surface area contributed by atoms with Gasteiger partial charge < -0.3 is 16.3 Å². The maximum absolute atomic E-state index is 10.9. The molecule has 0 spiro atoms. The molecule has 0 fully saturated rings. The van der Waals surface area contributed by atoms with Crippen molar-refractivity contribution in [2.45, 2.75) is 25.8 Å². The van der Waals surface area contributed by atoms with Crippen LogP contribution in [0.4, 0.5) is 0 Å². The van der Waals surface area contributed by atoms with Crippen molar-refractivity contribution in [3.05, 3.63) is 0 Å². The van der Waals surface area contributed by atoms with E-state index in [4.69, 9.17) is 10.9 Å². The van der Waals surface area contributed by atoms with E-state index < -0.39 is 9.84 Å². The van der Waals surface area contributed by atoms with E-state index in [2.05, 4.69) is 10.5 Å². The van der Waals surface area contributed by atoms with E-state index in [-0.39, 0.29) is 17.6 Å². The van der Waals surface area contributed by atoms with Gasteiger partial charge in [-0.2, -0.15) is 0 Å². The van der Waals surface area contributed by atoms with Crippen molar-refractivity contribution in [1.82, 2.24) is 5.32 Å². The van der Waals surface area contributed by atoms with Gasteiger partial charge >= 0.3 is 0 Å². The Morgan fingerprint density at radius 1 is 1.60 bits per heavy atom. The summed E-state index contributed by atoms with van der Waals surface area (Å²) in [6.07, 6.45) is 2.40. The predicted octanol–water partition coefficient (Wildman–Crippen LogP) is -0.464. The minimum atomic E-state index is -2.94. The number of rotatable bonds is 7. The van der Waals surface area contributed by atoms with Crippen LogP contribution < -0.4 is 11.1 Å². The van der Waals surface area contributed by atoms with Crippen molar-refractivity contribution < 1.29 is 13.6 Å². The quantitative estimate of drug-likeness (QED) is 0.240. The van der Waals surface area contributed by atoms with Gasteiger partial charge in [0.1, 0.15) is 15.7 Å². The Kier molecular flexibility index (Phi) is 6.26. The van der Waals surface area contributed by atoms with Crippen LogP contribution in [0.3, 0.4) is 0 Å². The first-order valence-corrected chi connectivity index (χ1v) is 6.82. The van der Waals surface area contributed by atoms with E-state index >= 15 is 0 Å². The zero-order valence-corrected chi connectivity index (χ0v) is 9.92. The van der Waals surface area contributed by atoms with Crippen LogP contribution in [0, 0.1) is 0 Å². The van der Waals surface area contributed by atoms with Crippen LogP contribution in [0.2, 0.25) is 0 Å². The Morgan fingerprint density at radius 3 is 2.60 bits per heavy atom.